The summed E-state index contributed by atoms with van der Waals surface area (Å²) in [6.45, 7) is 2.12. The average Bonchev–Trinajstić information content (AvgIpc) is 2.69. The lowest BCUT2D eigenvalue weighted by atomic mass is 10.2. The number of amides is 1. The van der Waals surface area contributed by atoms with Crippen LogP contribution in [0.1, 0.15) is 17.3 Å². The van der Waals surface area contributed by atoms with E-state index in [9.17, 15) is 18.4 Å². The van der Waals surface area contributed by atoms with Crippen molar-refractivity contribution in [3.8, 4) is 11.5 Å². The molecule has 1 aliphatic heterocycles. The van der Waals surface area contributed by atoms with Crippen molar-refractivity contribution in [1.29, 1.82) is 0 Å². The van der Waals surface area contributed by atoms with Gasteiger partial charge in [0.05, 0.1) is 12.1 Å². The van der Waals surface area contributed by atoms with Gasteiger partial charge in [-0.05, 0) is 31.2 Å². The van der Waals surface area contributed by atoms with Gasteiger partial charge in [0.1, 0.15) is 18.2 Å². The van der Waals surface area contributed by atoms with Crippen LogP contribution in [0.25, 0.3) is 0 Å². The number of hydrogen-bond acceptors (Lipinski definition) is 5. The van der Waals surface area contributed by atoms with E-state index < -0.39 is 30.1 Å². The molecular formula is C20H19F2NO5. The van der Waals surface area contributed by atoms with Gasteiger partial charge in [-0.25, -0.2) is 13.6 Å². The third kappa shape index (κ3) is 4.76. The van der Waals surface area contributed by atoms with E-state index in [2.05, 4.69) is 0 Å². The summed E-state index contributed by atoms with van der Waals surface area (Å²) in [5.74, 6) is -1.98. The second-order valence-corrected chi connectivity index (χ2v) is 6.16. The summed E-state index contributed by atoms with van der Waals surface area (Å²) in [7, 11) is 0. The largest absolute Gasteiger partial charge is 0.486 e. The Bertz CT molecular complexity index is 853. The van der Waals surface area contributed by atoms with Crippen molar-refractivity contribution >= 4 is 11.9 Å². The minimum absolute atomic E-state index is 0.246. The first-order valence-corrected chi connectivity index (χ1v) is 8.75. The first kappa shape index (κ1) is 19.6. The number of carbonyl (C=O) groups is 2. The Morgan fingerprint density at radius 2 is 1.82 bits per heavy atom. The van der Waals surface area contributed by atoms with Gasteiger partial charge < -0.3 is 19.1 Å². The predicted molar refractivity (Wildman–Crippen MR) is 95.2 cm³/mol. The van der Waals surface area contributed by atoms with Crippen LogP contribution in [0.4, 0.5) is 8.78 Å². The molecule has 6 nitrogen and oxygen atoms in total. The van der Waals surface area contributed by atoms with E-state index in [0.717, 1.165) is 12.1 Å². The Labute approximate surface area is 160 Å². The number of benzene rings is 2. The molecule has 2 aromatic carbocycles. The van der Waals surface area contributed by atoms with Crippen molar-refractivity contribution in [1.82, 2.24) is 4.90 Å². The highest BCUT2D eigenvalue weighted by Gasteiger charge is 2.25. The molecule has 1 amide bonds. The zero-order chi connectivity index (χ0) is 20.1. The smallest absolute Gasteiger partial charge is 0.338 e. The van der Waals surface area contributed by atoms with Gasteiger partial charge in [0.15, 0.2) is 24.2 Å². The summed E-state index contributed by atoms with van der Waals surface area (Å²) in [5, 5.41) is 0. The number of fused-ring (bicyclic) bond motifs is 1. The summed E-state index contributed by atoms with van der Waals surface area (Å²) in [6, 6.07) is 9.56. The maximum Gasteiger partial charge on any atom is 0.338 e. The number of esters is 1. The number of likely N-dealkylation sites (N-methyl/N-ethyl adjacent to an activating group) is 1. The number of carbonyl (C=O) groups excluding carboxylic acids is 2. The molecule has 148 valence electrons. The van der Waals surface area contributed by atoms with Gasteiger partial charge in [0.2, 0.25) is 0 Å². The maximum absolute atomic E-state index is 13.2. The van der Waals surface area contributed by atoms with Crippen LogP contribution < -0.4 is 9.47 Å². The molecular weight excluding hydrogens is 372 g/mol. The average molecular weight is 391 g/mol. The van der Waals surface area contributed by atoms with E-state index in [1.807, 2.05) is 12.1 Å². The fourth-order valence-electron chi connectivity index (χ4n) is 2.78. The molecule has 0 N–H and O–H groups in total. The van der Waals surface area contributed by atoms with Gasteiger partial charge in [0.25, 0.3) is 5.91 Å². The normalized spacial score (nSPS) is 15.0. The van der Waals surface area contributed by atoms with Crippen LogP contribution in [0.5, 0.6) is 11.5 Å². The van der Waals surface area contributed by atoms with E-state index >= 15 is 0 Å². The Morgan fingerprint density at radius 1 is 1.14 bits per heavy atom. The number of halogens is 2. The number of rotatable bonds is 6. The molecule has 28 heavy (non-hydrogen) atoms. The Balaban J connectivity index is 1.54. The van der Waals surface area contributed by atoms with E-state index in [1.165, 1.54) is 4.90 Å². The van der Waals surface area contributed by atoms with Crippen molar-refractivity contribution in [2.45, 2.75) is 13.0 Å². The molecule has 2 aromatic rings. The molecule has 0 spiro atoms. The molecule has 0 bridgehead atoms. The standard InChI is InChI=1S/C20H19F2NO5/c1-2-23(10-16-11-26-17-5-3-4-6-18(17)28-16)19(24)12-27-20(25)13-7-14(21)9-15(22)8-13/h3-9,16H,2,10-12H2,1H3. The second-order valence-electron chi connectivity index (χ2n) is 6.16. The molecule has 1 heterocycles. The van der Waals surface area contributed by atoms with Gasteiger partial charge in [-0.2, -0.15) is 0 Å². The number of nitrogens with zero attached hydrogens (tertiary/aromatic N) is 1. The summed E-state index contributed by atoms with van der Waals surface area (Å²) in [6.07, 6.45) is -0.369. The van der Waals surface area contributed by atoms with E-state index in [1.54, 1.807) is 19.1 Å². The first-order chi connectivity index (χ1) is 13.5. The fourth-order valence-corrected chi connectivity index (χ4v) is 2.78. The molecule has 0 fully saturated rings. The lowest BCUT2D eigenvalue weighted by Crippen LogP contribution is -2.45. The van der Waals surface area contributed by atoms with Crippen LogP contribution in [-0.4, -0.2) is 49.2 Å². The van der Waals surface area contributed by atoms with E-state index in [0.29, 0.717) is 24.1 Å². The summed E-state index contributed by atoms with van der Waals surface area (Å²) in [5.41, 5.74) is -0.297. The monoisotopic (exact) mass is 391 g/mol. The quantitative estimate of drug-likeness (QED) is 0.709. The topological polar surface area (TPSA) is 65.1 Å². The van der Waals surface area contributed by atoms with Crippen molar-refractivity contribution in [2.75, 3.05) is 26.3 Å². The van der Waals surface area contributed by atoms with E-state index in [4.69, 9.17) is 14.2 Å². The van der Waals surface area contributed by atoms with Crippen LogP contribution in [0.15, 0.2) is 42.5 Å². The number of ether oxygens (including phenoxy) is 3. The third-order valence-corrected chi connectivity index (χ3v) is 4.15. The minimum atomic E-state index is -0.978. The molecule has 8 heteroatoms. The van der Waals surface area contributed by atoms with Crippen molar-refractivity contribution in [3.05, 3.63) is 59.7 Å². The summed E-state index contributed by atoms with van der Waals surface area (Å²) >= 11 is 0. The molecule has 3 rings (SSSR count). The van der Waals surface area contributed by atoms with Crippen LogP contribution in [0.2, 0.25) is 0 Å². The second kappa shape index (κ2) is 8.69. The summed E-state index contributed by atoms with van der Waals surface area (Å²) in [4.78, 5) is 25.7. The van der Waals surface area contributed by atoms with Gasteiger partial charge in [-0.3, -0.25) is 4.79 Å². The van der Waals surface area contributed by atoms with Crippen LogP contribution in [0, 0.1) is 11.6 Å². The minimum Gasteiger partial charge on any atom is -0.486 e. The van der Waals surface area contributed by atoms with Crippen molar-refractivity contribution < 1.29 is 32.6 Å². The zero-order valence-electron chi connectivity index (χ0n) is 15.2. The van der Waals surface area contributed by atoms with Gasteiger partial charge >= 0.3 is 5.97 Å². The molecule has 1 aliphatic rings. The molecule has 0 aromatic heterocycles. The highest BCUT2D eigenvalue weighted by Crippen LogP contribution is 2.31. The zero-order valence-corrected chi connectivity index (χ0v) is 15.2. The third-order valence-electron chi connectivity index (χ3n) is 4.15. The van der Waals surface area contributed by atoms with Crippen LogP contribution in [0.3, 0.4) is 0 Å². The first-order valence-electron chi connectivity index (χ1n) is 8.75. The predicted octanol–water partition coefficient (Wildman–Crippen LogP) is 2.81. The number of para-hydroxylation sites is 2. The molecule has 1 atom stereocenters. The highest BCUT2D eigenvalue weighted by atomic mass is 19.1. The Hall–Kier alpha value is -3.16. The number of hydrogen-bond donors (Lipinski definition) is 0. The molecule has 0 aliphatic carbocycles. The van der Waals surface area contributed by atoms with Gasteiger partial charge in [0, 0.05) is 12.6 Å². The molecule has 0 saturated carbocycles. The molecule has 0 saturated heterocycles. The lowest BCUT2D eigenvalue weighted by Gasteiger charge is -2.30. The van der Waals surface area contributed by atoms with E-state index in [-0.39, 0.29) is 24.8 Å². The van der Waals surface area contributed by atoms with Crippen molar-refractivity contribution in [2.24, 2.45) is 0 Å². The molecule has 0 radical (unpaired) electrons. The van der Waals surface area contributed by atoms with Crippen LogP contribution >= 0.6 is 0 Å². The molecule has 1 unspecified atom stereocenters. The fraction of sp³-hybridized carbons (Fsp3) is 0.300. The Kier molecular flexibility index (Phi) is 6.08. The van der Waals surface area contributed by atoms with Gasteiger partial charge in [-0.1, -0.05) is 12.1 Å². The maximum atomic E-state index is 13.2. The lowest BCUT2D eigenvalue weighted by molar-refractivity contribution is -0.135. The van der Waals surface area contributed by atoms with Gasteiger partial charge in [-0.15, -0.1) is 0 Å². The highest BCUT2D eigenvalue weighted by molar-refractivity contribution is 5.91. The van der Waals surface area contributed by atoms with Crippen LogP contribution in [-0.2, 0) is 9.53 Å². The SMILES string of the molecule is CCN(CC1COc2ccccc2O1)C(=O)COC(=O)c1cc(F)cc(F)c1. The summed E-state index contributed by atoms with van der Waals surface area (Å²) < 4.78 is 42.7. The van der Waals surface area contributed by atoms with Crippen molar-refractivity contribution in [3.63, 3.8) is 0 Å². The Morgan fingerprint density at radius 3 is 2.50 bits per heavy atom.